The fourth-order valence-corrected chi connectivity index (χ4v) is 2.98. The zero-order chi connectivity index (χ0) is 15.4. The van der Waals surface area contributed by atoms with Gasteiger partial charge >= 0.3 is 5.97 Å². The lowest BCUT2D eigenvalue weighted by Crippen LogP contribution is -2.14. The lowest BCUT2D eigenvalue weighted by atomic mass is 10.1. The van der Waals surface area contributed by atoms with E-state index in [0.29, 0.717) is 17.4 Å². The first kappa shape index (κ1) is 15.1. The molecule has 0 fully saturated rings. The fraction of sp³-hybridized carbons (Fsp3) is 0.188. The van der Waals surface area contributed by atoms with Gasteiger partial charge in [0.1, 0.15) is 12.4 Å². The largest absolute Gasteiger partial charge is 0.467 e. The Balaban J connectivity index is 1.66. The highest BCUT2D eigenvalue weighted by molar-refractivity contribution is 7.10. The Labute approximate surface area is 136 Å². The van der Waals surface area contributed by atoms with E-state index in [1.54, 1.807) is 29.5 Å². The molecule has 2 heterocycles. The summed E-state index contributed by atoms with van der Waals surface area (Å²) in [4.78, 5) is 12.8. The Morgan fingerprint density at radius 1 is 1.45 bits per heavy atom. The number of hydrogen-bond donors (Lipinski definition) is 0. The van der Waals surface area contributed by atoms with E-state index in [4.69, 9.17) is 25.8 Å². The number of carbonyl (C=O) groups is 1. The van der Waals surface area contributed by atoms with Gasteiger partial charge in [-0.2, -0.15) is 0 Å². The zero-order valence-corrected chi connectivity index (χ0v) is 13.2. The molecule has 6 heteroatoms. The molecule has 0 unspecified atom stereocenters. The second-order valence-corrected chi connectivity index (χ2v) is 6.04. The van der Waals surface area contributed by atoms with Crippen molar-refractivity contribution in [2.45, 2.75) is 13.2 Å². The third-order valence-electron chi connectivity index (χ3n) is 3.05. The number of thiophene rings is 1. The number of hydrogen-bond acceptors (Lipinski definition) is 5. The summed E-state index contributed by atoms with van der Waals surface area (Å²) in [6, 6.07) is 7.38. The highest BCUT2D eigenvalue weighted by atomic mass is 35.5. The smallest absolute Gasteiger partial charge is 0.331 e. The first-order valence-electron chi connectivity index (χ1n) is 6.62. The second kappa shape index (κ2) is 6.96. The van der Waals surface area contributed by atoms with Gasteiger partial charge in [-0.15, -0.1) is 11.3 Å². The molecule has 114 valence electrons. The van der Waals surface area contributed by atoms with E-state index in [0.717, 1.165) is 16.0 Å². The van der Waals surface area contributed by atoms with Crippen molar-refractivity contribution in [3.05, 3.63) is 56.7 Å². The van der Waals surface area contributed by atoms with E-state index < -0.39 is 5.97 Å². The standard InChI is InChI=1S/C16H13ClO4S/c17-13-6-11-8-19-10-21-16(11)12(7-13)9-20-15(18)4-3-14-2-1-5-22-14/h1-7H,8-10H2/b4-3+. The molecule has 1 aliphatic heterocycles. The van der Waals surface area contributed by atoms with Crippen LogP contribution in [0.2, 0.25) is 5.02 Å². The summed E-state index contributed by atoms with van der Waals surface area (Å²) >= 11 is 7.62. The third-order valence-corrected chi connectivity index (χ3v) is 4.10. The van der Waals surface area contributed by atoms with Crippen molar-refractivity contribution in [2.24, 2.45) is 0 Å². The molecule has 0 saturated heterocycles. The van der Waals surface area contributed by atoms with Gasteiger partial charge in [0, 0.05) is 27.1 Å². The van der Waals surface area contributed by atoms with Crippen molar-refractivity contribution in [1.29, 1.82) is 0 Å². The van der Waals surface area contributed by atoms with Crippen LogP contribution in [0.4, 0.5) is 0 Å². The molecule has 0 spiro atoms. The predicted octanol–water partition coefficient (Wildman–Crippen LogP) is 4.02. The summed E-state index contributed by atoms with van der Waals surface area (Å²) < 4.78 is 15.9. The minimum absolute atomic E-state index is 0.108. The SMILES string of the molecule is O=C(/C=C/c1cccs1)OCc1cc(Cl)cc2c1OCOC2. The summed E-state index contributed by atoms with van der Waals surface area (Å²) in [6.45, 7) is 0.736. The first-order valence-corrected chi connectivity index (χ1v) is 7.88. The summed E-state index contributed by atoms with van der Waals surface area (Å²) in [6.07, 6.45) is 3.14. The van der Waals surface area contributed by atoms with Gasteiger partial charge in [-0.3, -0.25) is 0 Å². The lowest BCUT2D eigenvalue weighted by molar-refractivity contribution is -0.139. The molecule has 0 radical (unpaired) electrons. The Hall–Kier alpha value is -1.82. The van der Waals surface area contributed by atoms with Gasteiger partial charge in [0.2, 0.25) is 0 Å². The van der Waals surface area contributed by atoms with E-state index >= 15 is 0 Å². The van der Waals surface area contributed by atoms with Crippen LogP contribution < -0.4 is 4.74 Å². The number of benzene rings is 1. The molecular formula is C16H13ClO4S. The maximum absolute atomic E-state index is 11.8. The minimum atomic E-state index is -0.408. The Kier molecular flexibility index (Phi) is 4.77. The molecule has 0 amide bonds. The average Bonchev–Trinajstić information content (AvgIpc) is 3.04. The minimum Gasteiger partial charge on any atom is -0.467 e. The molecule has 2 aromatic rings. The van der Waals surface area contributed by atoms with Crippen molar-refractivity contribution in [3.8, 4) is 5.75 Å². The number of fused-ring (bicyclic) bond motifs is 1. The number of rotatable bonds is 4. The average molecular weight is 337 g/mol. The quantitative estimate of drug-likeness (QED) is 0.624. The van der Waals surface area contributed by atoms with Crippen LogP contribution in [0.25, 0.3) is 6.08 Å². The van der Waals surface area contributed by atoms with Gasteiger partial charge in [0.15, 0.2) is 6.79 Å². The molecule has 0 aliphatic carbocycles. The molecule has 3 rings (SSSR count). The van der Waals surface area contributed by atoms with Crippen LogP contribution >= 0.6 is 22.9 Å². The molecule has 1 aromatic carbocycles. The monoisotopic (exact) mass is 336 g/mol. The van der Waals surface area contributed by atoms with E-state index in [-0.39, 0.29) is 13.4 Å². The first-order chi connectivity index (χ1) is 10.7. The van der Waals surface area contributed by atoms with Crippen LogP contribution in [-0.2, 0) is 27.5 Å². The summed E-state index contributed by atoms with van der Waals surface area (Å²) in [5.74, 6) is 0.278. The highest BCUT2D eigenvalue weighted by Crippen LogP contribution is 2.32. The van der Waals surface area contributed by atoms with Crippen LogP contribution in [0, 0.1) is 0 Å². The van der Waals surface area contributed by atoms with Crippen LogP contribution in [0.15, 0.2) is 35.7 Å². The van der Waals surface area contributed by atoms with Crippen molar-refractivity contribution in [2.75, 3.05) is 6.79 Å². The topological polar surface area (TPSA) is 44.8 Å². The second-order valence-electron chi connectivity index (χ2n) is 4.62. The van der Waals surface area contributed by atoms with Crippen molar-refractivity contribution >= 4 is 35.0 Å². The normalized spacial score (nSPS) is 13.7. The molecule has 4 nitrogen and oxygen atoms in total. The number of carbonyl (C=O) groups excluding carboxylic acids is 1. The molecule has 0 saturated carbocycles. The predicted molar refractivity (Wildman–Crippen MR) is 84.9 cm³/mol. The summed E-state index contributed by atoms with van der Waals surface area (Å²) in [5, 5.41) is 2.51. The van der Waals surface area contributed by atoms with Gasteiger partial charge in [-0.25, -0.2) is 4.79 Å². The van der Waals surface area contributed by atoms with E-state index in [1.165, 1.54) is 6.08 Å². The van der Waals surface area contributed by atoms with Gasteiger partial charge < -0.3 is 14.2 Å². The lowest BCUT2D eigenvalue weighted by Gasteiger charge is -2.20. The molecule has 0 N–H and O–H groups in total. The number of halogens is 1. The molecule has 22 heavy (non-hydrogen) atoms. The van der Waals surface area contributed by atoms with Crippen LogP contribution in [0.3, 0.4) is 0 Å². The Morgan fingerprint density at radius 3 is 3.18 bits per heavy atom. The fourth-order valence-electron chi connectivity index (χ4n) is 2.10. The number of esters is 1. The molecular weight excluding hydrogens is 324 g/mol. The third kappa shape index (κ3) is 3.68. The van der Waals surface area contributed by atoms with E-state index in [2.05, 4.69) is 0 Å². The Bertz CT molecular complexity index is 694. The molecule has 0 atom stereocenters. The van der Waals surface area contributed by atoms with Crippen molar-refractivity contribution in [1.82, 2.24) is 0 Å². The van der Waals surface area contributed by atoms with Gasteiger partial charge in [-0.1, -0.05) is 17.7 Å². The maximum atomic E-state index is 11.8. The Morgan fingerprint density at radius 2 is 2.36 bits per heavy atom. The van der Waals surface area contributed by atoms with Crippen molar-refractivity contribution in [3.63, 3.8) is 0 Å². The molecule has 1 aromatic heterocycles. The van der Waals surface area contributed by atoms with Gasteiger partial charge in [0.25, 0.3) is 0 Å². The number of ether oxygens (including phenoxy) is 3. The van der Waals surface area contributed by atoms with Crippen LogP contribution in [-0.4, -0.2) is 12.8 Å². The van der Waals surface area contributed by atoms with Crippen LogP contribution in [0.5, 0.6) is 5.75 Å². The van der Waals surface area contributed by atoms with Crippen molar-refractivity contribution < 1.29 is 19.0 Å². The molecule has 1 aliphatic rings. The van der Waals surface area contributed by atoms with E-state index in [1.807, 2.05) is 17.5 Å². The van der Waals surface area contributed by atoms with Gasteiger partial charge in [-0.05, 0) is 29.7 Å². The molecule has 0 bridgehead atoms. The van der Waals surface area contributed by atoms with E-state index in [9.17, 15) is 4.79 Å². The maximum Gasteiger partial charge on any atom is 0.331 e. The van der Waals surface area contributed by atoms with Gasteiger partial charge in [0.05, 0.1) is 6.61 Å². The summed E-state index contributed by atoms with van der Waals surface area (Å²) in [7, 11) is 0. The zero-order valence-electron chi connectivity index (χ0n) is 11.6. The van der Waals surface area contributed by atoms with Crippen LogP contribution in [0.1, 0.15) is 16.0 Å². The highest BCUT2D eigenvalue weighted by Gasteiger charge is 2.17. The summed E-state index contributed by atoms with van der Waals surface area (Å²) in [5.41, 5.74) is 1.60.